The van der Waals surface area contributed by atoms with E-state index >= 15 is 0 Å². The molecular weight excluding hydrogens is 192 g/mol. The molecule has 52 valence electrons. The van der Waals surface area contributed by atoms with Gasteiger partial charge in [0.05, 0.1) is 6.10 Å². The lowest BCUT2D eigenvalue weighted by Gasteiger charge is -2.26. The molecule has 1 atom stereocenters. The second-order valence-corrected chi connectivity index (χ2v) is 3.39. The molecular formula is C8H7BrO. The zero-order valence-electron chi connectivity index (χ0n) is 5.34. The summed E-state index contributed by atoms with van der Waals surface area (Å²) >= 11 is 3.38. The van der Waals surface area contributed by atoms with Crippen LogP contribution in [0.3, 0.4) is 0 Å². The first-order valence-electron chi connectivity index (χ1n) is 3.24. The molecule has 0 heterocycles. The van der Waals surface area contributed by atoms with Crippen molar-refractivity contribution in [3.8, 4) is 0 Å². The molecule has 1 N–H and O–H groups in total. The van der Waals surface area contributed by atoms with Crippen LogP contribution in [-0.2, 0) is 6.42 Å². The third kappa shape index (κ3) is 0.724. The first kappa shape index (κ1) is 6.38. The fourth-order valence-electron chi connectivity index (χ4n) is 1.31. The van der Waals surface area contributed by atoms with Crippen molar-refractivity contribution in [2.24, 2.45) is 0 Å². The Morgan fingerprint density at radius 2 is 2.30 bits per heavy atom. The summed E-state index contributed by atoms with van der Waals surface area (Å²) in [5.41, 5.74) is 2.34. The lowest BCUT2D eigenvalue weighted by atomic mass is 9.86. The van der Waals surface area contributed by atoms with Gasteiger partial charge in [-0.15, -0.1) is 0 Å². The van der Waals surface area contributed by atoms with Gasteiger partial charge in [0.15, 0.2) is 0 Å². The zero-order valence-corrected chi connectivity index (χ0v) is 6.93. The van der Waals surface area contributed by atoms with Crippen LogP contribution in [0.5, 0.6) is 0 Å². The van der Waals surface area contributed by atoms with E-state index in [0.717, 1.165) is 16.5 Å². The summed E-state index contributed by atoms with van der Waals surface area (Å²) in [7, 11) is 0. The minimum absolute atomic E-state index is 0.231. The summed E-state index contributed by atoms with van der Waals surface area (Å²) in [5, 5.41) is 9.25. The van der Waals surface area contributed by atoms with Gasteiger partial charge in [0.1, 0.15) is 0 Å². The molecule has 10 heavy (non-hydrogen) atoms. The largest absolute Gasteiger partial charge is 0.388 e. The second kappa shape index (κ2) is 2.07. The van der Waals surface area contributed by atoms with Gasteiger partial charge < -0.3 is 5.11 Å². The Kier molecular flexibility index (Phi) is 1.32. The number of aliphatic hydroxyl groups is 1. The number of hydrogen-bond donors (Lipinski definition) is 1. The topological polar surface area (TPSA) is 20.2 Å². The molecule has 0 aromatic heterocycles. The van der Waals surface area contributed by atoms with Crippen LogP contribution in [0.25, 0.3) is 0 Å². The van der Waals surface area contributed by atoms with Crippen LogP contribution in [0.2, 0.25) is 0 Å². The molecule has 0 saturated carbocycles. The molecule has 1 aliphatic rings. The number of aliphatic hydroxyl groups excluding tert-OH is 1. The number of hydrogen-bond acceptors (Lipinski definition) is 1. The number of rotatable bonds is 0. The highest BCUT2D eigenvalue weighted by atomic mass is 79.9. The number of benzene rings is 1. The summed E-state index contributed by atoms with van der Waals surface area (Å²) in [4.78, 5) is 0. The molecule has 1 aromatic carbocycles. The van der Waals surface area contributed by atoms with E-state index in [4.69, 9.17) is 0 Å². The van der Waals surface area contributed by atoms with Crippen molar-refractivity contribution in [1.29, 1.82) is 0 Å². The van der Waals surface area contributed by atoms with Crippen LogP contribution in [0.15, 0.2) is 22.7 Å². The highest BCUT2D eigenvalue weighted by Crippen LogP contribution is 2.37. The van der Waals surface area contributed by atoms with E-state index in [1.807, 2.05) is 18.2 Å². The Labute approximate surface area is 67.8 Å². The third-order valence-electron chi connectivity index (χ3n) is 1.89. The van der Waals surface area contributed by atoms with Gasteiger partial charge in [-0.05, 0) is 17.2 Å². The lowest BCUT2D eigenvalue weighted by molar-refractivity contribution is 0.153. The van der Waals surface area contributed by atoms with Crippen molar-refractivity contribution in [2.75, 3.05) is 0 Å². The van der Waals surface area contributed by atoms with Crippen LogP contribution >= 0.6 is 15.9 Å². The summed E-state index contributed by atoms with van der Waals surface area (Å²) in [6.07, 6.45) is 0.583. The van der Waals surface area contributed by atoms with E-state index in [1.54, 1.807) is 0 Å². The molecule has 0 amide bonds. The van der Waals surface area contributed by atoms with E-state index in [2.05, 4.69) is 15.9 Å². The van der Waals surface area contributed by atoms with Gasteiger partial charge in [-0.1, -0.05) is 28.1 Å². The SMILES string of the molecule is OC1Cc2cccc(Br)c21. The predicted molar refractivity (Wildman–Crippen MR) is 42.8 cm³/mol. The van der Waals surface area contributed by atoms with Gasteiger partial charge in [-0.3, -0.25) is 0 Å². The van der Waals surface area contributed by atoms with Crippen molar-refractivity contribution in [1.82, 2.24) is 0 Å². The average Bonchev–Trinajstić information content (AvgIpc) is 1.85. The van der Waals surface area contributed by atoms with Crippen LogP contribution in [0.4, 0.5) is 0 Å². The number of fused-ring (bicyclic) bond motifs is 1. The third-order valence-corrected chi connectivity index (χ3v) is 2.58. The maximum absolute atomic E-state index is 9.25. The molecule has 0 fully saturated rings. The minimum Gasteiger partial charge on any atom is -0.388 e. The minimum atomic E-state index is -0.231. The quantitative estimate of drug-likeness (QED) is 0.677. The monoisotopic (exact) mass is 198 g/mol. The Morgan fingerprint density at radius 3 is 2.80 bits per heavy atom. The highest BCUT2D eigenvalue weighted by Gasteiger charge is 2.25. The smallest absolute Gasteiger partial charge is 0.0844 e. The Morgan fingerprint density at radius 1 is 1.50 bits per heavy atom. The zero-order chi connectivity index (χ0) is 7.14. The van der Waals surface area contributed by atoms with Crippen molar-refractivity contribution < 1.29 is 5.11 Å². The first-order valence-corrected chi connectivity index (χ1v) is 4.03. The van der Waals surface area contributed by atoms with E-state index < -0.39 is 0 Å². The second-order valence-electron chi connectivity index (χ2n) is 2.53. The fourth-order valence-corrected chi connectivity index (χ4v) is 1.98. The molecule has 0 bridgehead atoms. The summed E-state index contributed by atoms with van der Waals surface area (Å²) < 4.78 is 1.03. The Hall–Kier alpha value is -0.340. The normalized spacial score (nSPS) is 21.6. The standard InChI is InChI=1S/C8H7BrO/c9-6-3-1-2-5-4-7(10)8(5)6/h1-3,7,10H,4H2. The molecule has 0 aliphatic heterocycles. The molecule has 0 radical (unpaired) electrons. The maximum atomic E-state index is 9.25. The summed E-state index contributed by atoms with van der Waals surface area (Å²) in [6, 6.07) is 6.00. The summed E-state index contributed by atoms with van der Waals surface area (Å²) in [6.45, 7) is 0. The maximum Gasteiger partial charge on any atom is 0.0844 e. The average molecular weight is 199 g/mol. The first-order chi connectivity index (χ1) is 4.79. The lowest BCUT2D eigenvalue weighted by Crippen LogP contribution is -2.16. The van der Waals surface area contributed by atoms with Gasteiger partial charge >= 0.3 is 0 Å². The molecule has 0 saturated heterocycles. The summed E-state index contributed by atoms with van der Waals surface area (Å²) in [5.74, 6) is 0. The highest BCUT2D eigenvalue weighted by molar-refractivity contribution is 9.10. The Bertz CT molecular complexity index is 256. The van der Waals surface area contributed by atoms with Crippen molar-refractivity contribution in [3.05, 3.63) is 33.8 Å². The van der Waals surface area contributed by atoms with E-state index in [9.17, 15) is 5.11 Å². The van der Waals surface area contributed by atoms with Gasteiger partial charge in [-0.25, -0.2) is 0 Å². The van der Waals surface area contributed by atoms with Crippen LogP contribution in [0, 0.1) is 0 Å². The Balaban J connectivity index is 2.58. The molecule has 1 nitrogen and oxygen atoms in total. The van der Waals surface area contributed by atoms with Crippen molar-refractivity contribution in [2.45, 2.75) is 12.5 Å². The molecule has 1 unspecified atom stereocenters. The van der Waals surface area contributed by atoms with Gasteiger partial charge in [0.25, 0.3) is 0 Å². The van der Waals surface area contributed by atoms with Crippen molar-refractivity contribution >= 4 is 15.9 Å². The number of halogens is 1. The van der Waals surface area contributed by atoms with Crippen LogP contribution < -0.4 is 0 Å². The van der Waals surface area contributed by atoms with E-state index in [-0.39, 0.29) is 6.10 Å². The van der Waals surface area contributed by atoms with Crippen LogP contribution in [0.1, 0.15) is 17.2 Å². The molecule has 1 aromatic rings. The fraction of sp³-hybridized carbons (Fsp3) is 0.250. The van der Waals surface area contributed by atoms with Gasteiger partial charge in [-0.2, -0.15) is 0 Å². The molecule has 1 aliphatic carbocycles. The van der Waals surface area contributed by atoms with Crippen molar-refractivity contribution in [3.63, 3.8) is 0 Å². The van der Waals surface area contributed by atoms with E-state index in [1.165, 1.54) is 5.56 Å². The van der Waals surface area contributed by atoms with Crippen LogP contribution in [-0.4, -0.2) is 5.11 Å². The van der Waals surface area contributed by atoms with Gasteiger partial charge in [0.2, 0.25) is 0 Å². The van der Waals surface area contributed by atoms with Gasteiger partial charge in [0, 0.05) is 10.9 Å². The predicted octanol–water partition coefficient (Wildman–Crippen LogP) is 2.04. The molecule has 2 rings (SSSR count). The van der Waals surface area contributed by atoms with E-state index in [0.29, 0.717) is 0 Å². The molecule has 2 heteroatoms. The molecule has 0 spiro atoms.